The van der Waals surface area contributed by atoms with E-state index in [9.17, 15) is 4.79 Å². The minimum Gasteiger partial charge on any atom is -0.343 e. The van der Waals surface area contributed by atoms with Gasteiger partial charge in [-0.25, -0.2) is 0 Å². The standard InChI is InChI=1S/C13H20BrN3O.ClH/c1-3-17-9-10(14)8-12(17)13(18)16(2)11-4-6-15-7-5-11;/h8-9,11,15H,3-7H2,1-2H3;1H. The van der Waals surface area contributed by atoms with Crippen molar-refractivity contribution in [1.82, 2.24) is 14.8 Å². The van der Waals surface area contributed by atoms with Gasteiger partial charge in [0.1, 0.15) is 5.69 Å². The van der Waals surface area contributed by atoms with Crippen molar-refractivity contribution in [2.75, 3.05) is 20.1 Å². The van der Waals surface area contributed by atoms with E-state index in [0.29, 0.717) is 6.04 Å². The zero-order valence-electron chi connectivity index (χ0n) is 11.4. The van der Waals surface area contributed by atoms with Crippen LogP contribution in [0.4, 0.5) is 0 Å². The van der Waals surface area contributed by atoms with Crippen molar-refractivity contribution in [1.29, 1.82) is 0 Å². The van der Waals surface area contributed by atoms with Crippen molar-refractivity contribution in [3.63, 3.8) is 0 Å². The molecular formula is C13H21BrClN3O. The number of nitrogens with one attached hydrogen (secondary N) is 1. The zero-order valence-corrected chi connectivity index (χ0v) is 13.8. The molecule has 1 aliphatic heterocycles. The van der Waals surface area contributed by atoms with Gasteiger partial charge in [0, 0.05) is 30.3 Å². The highest BCUT2D eigenvalue weighted by molar-refractivity contribution is 9.10. The zero-order chi connectivity index (χ0) is 13.1. The fourth-order valence-electron chi connectivity index (χ4n) is 2.46. The van der Waals surface area contributed by atoms with E-state index in [1.807, 2.05) is 35.7 Å². The molecule has 0 unspecified atom stereocenters. The topological polar surface area (TPSA) is 37.3 Å². The fourth-order valence-corrected chi connectivity index (χ4v) is 2.92. The number of rotatable bonds is 3. The minimum atomic E-state index is 0. The van der Waals surface area contributed by atoms with E-state index in [2.05, 4.69) is 21.2 Å². The van der Waals surface area contributed by atoms with Crippen LogP contribution in [0.25, 0.3) is 0 Å². The maximum Gasteiger partial charge on any atom is 0.270 e. The molecule has 0 radical (unpaired) electrons. The summed E-state index contributed by atoms with van der Waals surface area (Å²) in [5.41, 5.74) is 0.769. The van der Waals surface area contributed by atoms with Crippen LogP contribution >= 0.6 is 28.3 Å². The number of hydrogen-bond donors (Lipinski definition) is 1. The number of carbonyl (C=O) groups is 1. The third kappa shape index (κ3) is 3.74. The number of amides is 1. The number of carbonyl (C=O) groups excluding carboxylic acids is 1. The Morgan fingerprint density at radius 2 is 2.16 bits per heavy atom. The summed E-state index contributed by atoms with van der Waals surface area (Å²) >= 11 is 3.44. The first-order chi connectivity index (χ1) is 8.63. The van der Waals surface area contributed by atoms with Crippen LogP contribution in [0.15, 0.2) is 16.7 Å². The van der Waals surface area contributed by atoms with Crippen LogP contribution in [0, 0.1) is 0 Å². The van der Waals surface area contributed by atoms with Gasteiger partial charge in [0.15, 0.2) is 0 Å². The van der Waals surface area contributed by atoms with Gasteiger partial charge in [-0.3, -0.25) is 4.79 Å². The van der Waals surface area contributed by atoms with Gasteiger partial charge in [0.25, 0.3) is 5.91 Å². The molecule has 2 rings (SSSR count). The van der Waals surface area contributed by atoms with Gasteiger partial charge in [-0.05, 0) is 54.9 Å². The monoisotopic (exact) mass is 349 g/mol. The van der Waals surface area contributed by atoms with Gasteiger partial charge in [-0.15, -0.1) is 12.4 Å². The molecule has 6 heteroatoms. The van der Waals surface area contributed by atoms with Gasteiger partial charge < -0.3 is 14.8 Å². The lowest BCUT2D eigenvalue weighted by Gasteiger charge is -2.31. The summed E-state index contributed by atoms with van der Waals surface area (Å²) in [6.45, 7) is 4.86. The number of aryl methyl sites for hydroxylation is 1. The van der Waals surface area contributed by atoms with Crippen LogP contribution in [-0.4, -0.2) is 41.6 Å². The Kier molecular flexibility index (Phi) is 6.36. The summed E-state index contributed by atoms with van der Waals surface area (Å²) in [5.74, 6) is 0.120. The van der Waals surface area contributed by atoms with Crippen LogP contribution in [0.5, 0.6) is 0 Å². The number of aromatic nitrogens is 1. The Morgan fingerprint density at radius 1 is 1.53 bits per heavy atom. The van der Waals surface area contributed by atoms with Gasteiger partial charge in [-0.1, -0.05) is 0 Å². The molecule has 1 N–H and O–H groups in total. The smallest absolute Gasteiger partial charge is 0.270 e. The molecule has 1 aromatic rings. The minimum absolute atomic E-state index is 0. The van der Waals surface area contributed by atoms with Crippen LogP contribution in [0.2, 0.25) is 0 Å². The highest BCUT2D eigenvalue weighted by Crippen LogP contribution is 2.19. The van der Waals surface area contributed by atoms with Crippen LogP contribution < -0.4 is 5.32 Å². The maximum absolute atomic E-state index is 12.5. The molecular weight excluding hydrogens is 330 g/mol. The number of piperidine rings is 1. The molecule has 0 bridgehead atoms. The van der Waals surface area contributed by atoms with E-state index in [0.717, 1.165) is 42.6 Å². The van der Waals surface area contributed by atoms with Crippen molar-refractivity contribution in [2.24, 2.45) is 0 Å². The fraction of sp³-hybridized carbons (Fsp3) is 0.615. The number of halogens is 2. The average molecular weight is 351 g/mol. The molecule has 108 valence electrons. The van der Waals surface area contributed by atoms with Crippen molar-refractivity contribution in [3.8, 4) is 0 Å². The first-order valence-corrected chi connectivity index (χ1v) is 7.26. The van der Waals surface area contributed by atoms with Gasteiger partial charge in [-0.2, -0.15) is 0 Å². The Balaban J connectivity index is 0.00000180. The highest BCUT2D eigenvalue weighted by Gasteiger charge is 2.24. The molecule has 4 nitrogen and oxygen atoms in total. The van der Waals surface area contributed by atoms with Crippen LogP contribution in [0.1, 0.15) is 30.3 Å². The second-order valence-corrected chi connectivity index (χ2v) is 5.64. The molecule has 0 saturated carbocycles. The van der Waals surface area contributed by atoms with Crippen molar-refractivity contribution in [2.45, 2.75) is 32.4 Å². The second kappa shape index (κ2) is 7.31. The van der Waals surface area contributed by atoms with E-state index < -0.39 is 0 Å². The molecule has 1 saturated heterocycles. The maximum atomic E-state index is 12.5. The molecule has 2 heterocycles. The van der Waals surface area contributed by atoms with Crippen LogP contribution in [-0.2, 0) is 6.54 Å². The molecule has 1 amide bonds. The van der Waals surface area contributed by atoms with Gasteiger partial charge in [0.05, 0.1) is 0 Å². The lowest BCUT2D eigenvalue weighted by molar-refractivity contribution is 0.0692. The largest absolute Gasteiger partial charge is 0.343 e. The molecule has 0 atom stereocenters. The normalized spacial score (nSPS) is 15.9. The summed E-state index contributed by atoms with van der Waals surface area (Å²) < 4.78 is 2.95. The van der Waals surface area contributed by atoms with E-state index in [1.54, 1.807) is 0 Å². The lowest BCUT2D eigenvalue weighted by atomic mass is 10.1. The lowest BCUT2D eigenvalue weighted by Crippen LogP contribution is -2.44. The Morgan fingerprint density at radius 3 is 2.74 bits per heavy atom. The van der Waals surface area contributed by atoms with E-state index in [1.165, 1.54) is 0 Å². The van der Waals surface area contributed by atoms with Gasteiger partial charge >= 0.3 is 0 Å². The third-order valence-electron chi connectivity index (χ3n) is 3.60. The summed E-state index contributed by atoms with van der Waals surface area (Å²) in [6, 6.07) is 2.27. The van der Waals surface area contributed by atoms with E-state index in [-0.39, 0.29) is 18.3 Å². The number of hydrogen-bond acceptors (Lipinski definition) is 2. The average Bonchev–Trinajstić information content (AvgIpc) is 2.79. The van der Waals surface area contributed by atoms with Crippen LogP contribution in [0.3, 0.4) is 0 Å². The second-order valence-electron chi connectivity index (χ2n) is 4.73. The van der Waals surface area contributed by atoms with E-state index in [4.69, 9.17) is 0 Å². The van der Waals surface area contributed by atoms with Gasteiger partial charge in [0.2, 0.25) is 0 Å². The Bertz CT molecular complexity index is 430. The van der Waals surface area contributed by atoms with Crippen molar-refractivity contribution < 1.29 is 4.79 Å². The van der Waals surface area contributed by atoms with Crippen molar-refractivity contribution >= 4 is 34.2 Å². The summed E-state index contributed by atoms with van der Waals surface area (Å²) in [6.07, 6.45) is 4.04. The summed E-state index contributed by atoms with van der Waals surface area (Å²) in [4.78, 5) is 14.4. The summed E-state index contributed by atoms with van der Waals surface area (Å²) in [5, 5.41) is 3.32. The molecule has 0 spiro atoms. The predicted octanol–water partition coefficient (Wildman–Crippen LogP) is 2.52. The predicted molar refractivity (Wildman–Crippen MR) is 83.0 cm³/mol. The van der Waals surface area contributed by atoms with E-state index >= 15 is 0 Å². The molecule has 0 aliphatic carbocycles. The first-order valence-electron chi connectivity index (χ1n) is 6.47. The van der Waals surface area contributed by atoms with Crippen molar-refractivity contribution in [3.05, 3.63) is 22.4 Å². The molecule has 1 aliphatic rings. The Labute approximate surface area is 129 Å². The molecule has 19 heavy (non-hydrogen) atoms. The number of nitrogens with zero attached hydrogens (tertiary/aromatic N) is 2. The molecule has 0 aromatic carbocycles. The summed E-state index contributed by atoms with van der Waals surface area (Å²) in [7, 11) is 1.92. The molecule has 1 fully saturated rings. The SMILES string of the molecule is CCn1cc(Br)cc1C(=O)N(C)C1CCNCC1.Cl. The molecule has 1 aromatic heterocycles. The first kappa shape index (κ1) is 16.5. The highest BCUT2D eigenvalue weighted by atomic mass is 79.9. The Hall–Kier alpha value is -0.520. The quantitative estimate of drug-likeness (QED) is 0.909. The third-order valence-corrected chi connectivity index (χ3v) is 4.03.